The van der Waals surface area contributed by atoms with Gasteiger partial charge in [-0.25, -0.2) is 0 Å². The first-order valence-corrected chi connectivity index (χ1v) is 12.3. The number of nitrogens with one attached hydrogen (secondary N) is 1. The van der Waals surface area contributed by atoms with Gasteiger partial charge in [-0.1, -0.05) is 58.4 Å². The lowest BCUT2D eigenvalue weighted by Gasteiger charge is -2.42. The zero-order chi connectivity index (χ0) is 22.4. The standard InChI is InChI=1S/C26H31BrN2O3/c27-22-9-7-21(8-10-22)26(14-18-32-19-15-26)25(31)29-16-12-23(13-17-29)28-24(30)11-6-20-4-2-1-3-5-20/h1-5,7-10,23H,6,11-19H2,(H,28,30). The molecule has 2 saturated heterocycles. The Bertz CT molecular complexity index is 902. The topological polar surface area (TPSA) is 58.6 Å². The van der Waals surface area contributed by atoms with E-state index in [4.69, 9.17) is 4.74 Å². The second-order valence-electron chi connectivity index (χ2n) is 8.82. The van der Waals surface area contributed by atoms with Gasteiger partial charge in [-0.3, -0.25) is 9.59 Å². The third-order valence-electron chi connectivity index (χ3n) is 6.78. The van der Waals surface area contributed by atoms with Crippen LogP contribution in [0.15, 0.2) is 59.1 Å². The van der Waals surface area contributed by atoms with Crippen LogP contribution in [0.5, 0.6) is 0 Å². The molecule has 2 aromatic rings. The molecule has 0 spiro atoms. The fourth-order valence-electron chi connectivity index (χ4n) is 4.85. The van der Waals surface area contributed by atoms with Gasteiger partial charge in [0.05, 0.1) is 5.41 Å². The molecule has 5 nitrogen and oxygen atoms in total. The molecule has 2 fully saturated rings. The Labute approximate surface area is 198 Å². The molecule has 2 aromatic carbocycles. The molecular weight excluding hydrogens is 468 g/mol. The molecule has 0 aromatic heterocycles. The third-order valence-corrected chi connectivity index (χ3v) is 7.31. The average molecular weight is 499 g/mol. The highest BCUT2D eigenvalue weighted by molar-refractivity contribution is 9.10. The minimum Gasteiger partial charge on any atom is -0.381 e. The van der Waals surface area contributed by atoms with Crippen LogP contribution in [-0.2, 0) is 26.2 Å². The highest BCUT2D eigenvalue weighted by atomic mass is 79.9. The number of rotatable bonds is 6. The summed E-state index contributed by atoms with van der Waals surface area (Å²) < 4.78 is 6.61. The van der Waals surface area contributed by atoms with Crippen molar-refractivity contribution >= 4 is 27.7 Å². The molecule has 0 saturated carbocycles. The monoisotopic (exact) mass is 498 g/mol. The van der Waals surface area contributed by atoms with E-state index in [9.17, 15) is 9.59 Å². The van der Waals surface area contributed by atoms with Crippen molar-refractivity contribution in [1.29, 1.82) is 0 Å². The summed E-state index contributed by atoms with van der Waals surface area (Å²) >= 11 is 3.50. The number of nitrogens with zero attached hydrogens (tertiary/aromatic N) is 1. The minimum absolute atomic E-state index is 0.0920. The van der Waals surface area contributed by atoms with Gasteiger partial charge in [-0.05, 0) is 55.4 Å². The highest BCUT2D eigenvalue weighted by Gasteiger charge is 2.44. The maximum absolute atomic E-state index is 13.7. The molecule has 1 N–H and O–H groups in total. The SMILES string of the molecule is O=C(CCc1ccccc1)NC1CCN(C(=O)C2(c3ccc(Br)cc3)CCOCC2)CC1. The molecule has 2 aliphatic heterocycles. The summed E-state index contributed by atoms with van der Waals surface area (Å²) in [5.74, 6) is 0.298. The first kappa shape index (κ1) is 23.0. The predicted molar refractivity (Wildman–Crippen MR) is 128 cm³/mol. The lowest BCUT2D eigenvalue weighted by atomic mass is 9.72. The van der Waals surface area contributed by atoms with E-state index in [0.29, 0.717) is 45.6 Å². The van der Waals surface area contributed by atoms with Crippen LogP contribution in [0.1, 0.15) is 43.2 Å². The number of hydrogen-bond donors (Lipinski definition) is 1. The number of amides is 2. The van der Waals surface area contributed by atoms with Crippen molar-refractivity contribution < 1.29 is 14.3 Å². The van der Waals surface area contributed by atoms with Gasteiger partial charge in [0, 0.05) is 43.2 Å². The van der Waals surface area contributed by atoms with Crippen LogP contribution in [0.4, 0.5) is 0 Å². The quantitative estimate of drug-likeness (QED) is 0.647. The molecule has 170 valence electrons. The van der Waals surface area contributed by atoms with E-state index in [1.54, 1.807) is 0 Å². The summed E-state index contributed by atoms with van der Waals surface area (Å²) in [6, 6.07) is 18.4. The second-order valence-corrected chi connectivity index (χ2v) is 9.74. The van der Waals surface area contributed by atoms with Gasteiger partial charge in [0.2, 0.25) is 11.8 Å². The number of halogens is 1. The van der Waals surface area contributed by atoms with Crippen molar-refractivity contribution in [3.05, 3.63) is 70.2 Å². The number of carbonyl (C=O) groups excluding carboxylic acids is 2. The Morgan fingerprint density at radius 3 is 2.31 bits per heavy atom. The van der Waals surface area contributed by atoms with Gasteiger partial charge in [-0.2, -0.15) is 0 Å². The smallest absolute Gasteiger partial charge is 0.233 e. The first-order valence-electron chi connectivity index (χ1n) is 11.5. The first-order chi connectivity index (χ1) is 15.6. The number of hydrogen-bond acceptors (Lipinski definition) is 3. The highest BCUT2D eigenvalue weighted by Crippen LogP contribution is 2.38. The molecule has 0 unspecified atom stereocenters. The maximum atomic E-state index is 13.7. The van der Waals surface area contributed by atoms with Crippen molar-refractivity contribution in [3.63, 3.8) is 0 Å². The molecule has 6 heteroatoms. The number of ether oxygens (including phenoxy) is 1. The molecule has 0 bridgehead atoms. The second kappa shape index (κ2) is 10.6. The largest absolute Gasteiger partial charge is 0.381 e. The Morgan fingerprint density at radius 2 is 1.66 bits per heavy atom. The molecule has 0 aliphatic carbocycles. The van der Waals surface area contributed by atoms with E-state index in [1.165, 1.54) is 5.56 Å². The van der Waals surface area contributed by atoms with E-state index in [2.05, 4.69) is 45.5 Å². The van der Waals surface area contributed by atoms with Gasteiger partial charge >= 0.3 is 0 Å². The van der Waals surface area contributed by atoms with Crippen molar-refractivity contribution in [3.8, 4) is 0 Å². The molecule has 4 rings (SSSR count). The van der Waals surface area contributed by atoms with Crippen LogP contribution in [0, 0.1) is 0 Å². The van der Waals surface area contributed by atoms with Gasteiger partial charge in [0.25, 0.3) is 0 Å². The molecule has 2 aliphatic rings. The van der Waals surface area contributed by atoms with Crippen LogP contribution in [0.25, 0.3) is 0 Å². The Hall–Kier alpha value is -2.18. The summed E-state index contributed by atoms with van der Waals surface area (Å²) in [7, 11) is 0. The zero-order valence-corrected chi connectivity index (χ0v) is 20.0. The summed E-state index contributed by atoms with van der Waals surface area (Å²) in [6.45, 7) is 2.58. The van der Waals surface area contributed by atoms with E-state index < -0.39 is 5.41 Å². The Kier molecular flexibility index (Phi) is 7.63. The van der Waals surface area contributed by atoms with Crippen molar-refractivity contribution in [2.45, 2.75) is 50.0 Å². The fraction of sp³-hybridized carbons (Fsp3) is 0.462. The summed E-state index contributed by atoms with van der Waals surface area (Å²) in [5.41, 5.74) is 1.74. The summed E-state index contributed by atoms with van der Waals surface area (Å²) in [6.07, 6.45) is 4.27. The van der Waals surface area contributed by atoms with Gasteiger partial charge < -0.3 is 15.0 Å². The summed E-state index contributed by atoms with van der Waals surface area (Å²) in [5, 5.41) is 3.17. The maximum Gasteiger partial charge on any atom is 0.233 e. The number of likely N-dealkylation sites (tertiary alicyclic amines) is 1. The van der Waals surface area contributed by atoms with Gasteiger partial charge in [-0.15, -0.1) is 0 Å². The normalized spacial score (nSPS) is 18.8. The third kappa shape index (κ3) is 5.41. The van der Waals surface area contributed by atoms with E-state index in [1.807, 2.05) is 35.2 Å². The van der Waals surface area contributed by atoms with Crippen LogP contribution >= 0.6 is 15.9 Å². The number of benzene rings is 2. The lowest BCUT2D eigenvalue weighted by molar-refractivity contribution is -0.142. The Balaban J connectivity index is 1.32. The van der Waals surface area contributed by atoms with E-state index in [-0.39, 0.29) is 17.9 Å². The molecule has 2 amide bonds. The number of carbonyl (C=O) groups is 2. The van der Waals surface area contributed by atoms with Crippen molar-refractivity contribution in [2.24, 2.45) is 0 Å². The molecule has 2 heterocycles. The van der Waals surface area contributed by atoms with Crippen LogP contribution in [0.2, 0.25) is 0 Å². The minimum atomic E-state index is -0.509. The van der Waals surface area contributed by atoms with Crippen LogP contribution in [-0.4, -0.2) is 49.1 Å². The molecular formula is C26H31BrN2O3. The Morgan fingerprint density at radius 1 is 1.00 bits per heavy atom. The number of piperidine rings is 1. The van der Waals surface area contributed by atoms with Gasteiger partial charge in [0.15, 0.2) is 0 Å². The van der Waals surface area contributed by atoms with Crippen LogP contribution < -0.4 is 5.32 Å². The van der Waals surface area contributed by atoms with E-state index >= 15 is 0 Å². The van der Waals surface area contributed by atoms with Crippen LogP contribution in [0.3, 0.4) is 0 Å². The molecule has 0 atom stereocenters. The van der Waals surface area contributed by atoms with Crippen molar-refractivity contribution in [2.75, 3.05) is 26.3 Å². The van der Waals surface area contributed by atoms with Gasteiger partial charge in [0.1, 0.15) is 0 Å². The fourth-order valence-corrected chi connectivity index (χ4v) is 5.11. The van der Waals surface area contributed by atoms with Crippen molar-refractivity contribution in [1.82, 2.24) is 10.2 Å². The lowest BCUT2D eigenvalue weighted by Crippen LogP contribution is -2.54. The molecule has 32 heavy (non-hydrogen) atoms. The summed E-state index contributed by atoms with van der Waals surface area (Å²) in [4.78, 5) is 28.1. The number of aryl methyl sites for hydroxylation is 1. The predicted octanol–water partition coefficient (Wildman–Crippen LogP) is 4.24. The molecule has 0 radical (unpaired) electrons. The van der Waals surface area contributed by atoms with E-state index in [0.717, 1.165) is 29.3 Å². The average Bonchev–Trinajstić information content (AvgIpc) is 2.84. The zero-order valence-electron chi connectivity index (χ0n) is 18.4.